The smallest absolute Gasteiger partial charge is 0.287 e. The number of carbonyl (C=O) groups is 1. The molecular formula is C20H25N5O4S. The van der Waals surface area contributed by atoms with Crippen LogP contribution in [0, 0.1) is 11.3 Å². The molecule has 0 aliphatic carbocycles. The van der Waals surface area contributed by atoms with Crippen LogP contribution in [-0.4, -0.2) is 57.8 Å². The van der Waals surface area contributed by atoms with E-state index in [4.69, 9.17) is 9.68 Å². The Morgan fingerprint density at radius 1 is 1.20 bits per heavy atom. The third-order valence-electron chi connectivity index (χ3n) is 4.02. The van der Waals surface area contributed by atoms with E-state index in [0.29, 0.717) is 12.3 Å². The number of hydrogen-bond acceptors (Lipinski definition) is 7. The van der Waals surface area contributed by atoms with Gasteiger partial charge in [-0.3, -0.25) is 4.79 Å². The van der Waals surface area contributed by atoms with E-state index in [0.717, 1.165) is 10.4 Å². The van der Waals surface area contributed by atoms with Gasteiger partial charge in [0.1, 0.15) is 11.6 Å². The van der Waals surface area contributed by atoms with Crippen molar-refractivity contribution in [2.24, 2.45) is 0 Å². The molecule has 0 aliphatic rings. The van der Waals surface area contributed by atoms with E-state index in [1.165, 1.54) is 19.2 Å². The van der Waals surface area contributed by atoms with Gasteiger partial charge in [0, 0.05) is 13.6 Å². The molecule has 0 saturated heterocycles. The van der Waals surface area contributed by atoms with Crippen molar-refractivity contribution in [3.05, 3.63) is 65.9 Å². The molecule has 2 rings (SSSR count). The molecule has 30 heavy (non-hydrogen) atoms. The van der Waals surface area contributed by atoms with Gasteiger partial charge in [0.05, 0.1) is 30.1 Å². The minimum atomic E-state index is -3.94. The number of allylic oxidation sites excluding steroid dienone is 1. The fourth-order valence-electron chi connectivity index (χ4n) is 2.67. The van der Waals surface area contributed by atoms with E-state index in [1.807, 2.05) is 25.1 Å². The third kappa shape index (κ3) is 5.85. The van der Waals surface area contributed by atoms with Crippen LogP contribution in [-0.2, 0) is 16.6 Å². The second-order valence-corrected chi connectivity index (χ2v) is 8.42. The zero-order valence-corrected chi connectivity index (χ0v) is 17.9. The topological polar surface area (TPSA) is 119 Å². The summed E-state index contributed by atoms with van der Waals surface area (Å²) >= 11 is 0. The van der Waals surface area contributed by atoms with Crippen molar-refractivity contribution in [1.82, 2.24) is 19.8 Å². The maximum absolute atomic E-state index is 13.1. The molecule has 1 aromatic heterocycles. The second-order valence-electron chi connectivity index (χ2n) is 6.56. The van der Waals surface area contributed by atoms with Gasteiger partial charge in [-0.05, 0) is 38.4 Å². The van der Waals surface area contributed by atoms with Crippen LogP contribution in [0.3, 0.4) is 0 Å². The minimum Gasteiger partial charge on any atom is -0.455 e. The highest BCUT2D eigenvalue weighted by Crippen LogP contribution is 2.18. The fraction of sp³-hybridized carbons (Fsp3) is 0.300. The number of nitrogens with one attached hydrogen (secondary N) is 2. The number of nitrogens with zero attached hydrogens (tertiary/aromatic N) is 3. The molecule has 0 fully saturated rings. The van der Waals surface area contributed by atoms with Crippen LogP contribution in [0.15, 0.2) is 63.7 Å². The summed E-state index contributed by atoms with van der Waals surface area (Å²) in [5.74, 6) is 0.438. The molecule has 0 bridgehead atoms. The summed E-state index contributed by atoms with van der Waals surface area (Å²) < 4.78 is 32.7. The lowest BCUT2D eigenvalue weighted by Gasteiger charge is -2.26. The van der Waals surface area contributed by atoms with Crippen molar-refractivity contribution < 1.29 is 17.6 Å². The molecule has 0 saturated carbocycles. The molecule has 0 spiro atoms. The van der Waals surface area contributed by atoms with E-state index in [-0.39, 0.29) is 29.6 Å². The standard InChI is InChI=1S/C20H25N5O4S/c1-22-19(11-12-21)25(30(27,28)17-7-5-4-6-8-17)14-13-23-20(26)18-10-9-16(29-18)15-24(2)3/h4-11,22H,13-15H2,1-3H3,(H,23,26). The lowest BCUT2D eigenvalue weighted by Crippen LogP contribution is -2.41. The molecule has 1 heterocycles. The Balaban J connectivity index is 2.14. The molecule has 9 nitrogen and oxygen atoms in total. The Morgan fingerprint density at radius 2 is 1.90 bits per heavy atom. The van der Waals surface area contributed by atoms with Gasteiger partial charge >= 0.3 is 0 Å². The molecule has 0 atom stereocenters. The first-order valence-electron chi connectivity index (χ1n) is 9.16. The minimum absolute atomic E-state index is 0.0130. The van der Waals surface area contributed by atoms with Gasteiger partial charge in [0.2, 0.25) is 0 Å². The van der Waals surface area contributed by atoms with E-state index < -0.39 is 15.9 Å². The van der Waals surface area contributed by atoms with Crippen molar-refractivity contribution in [3.8, 4) is 6.07 Å². The summed E-state index contributed by atoms with van der Waals surface area (Å²) in [6, 6.07) is 13.0. The molecule has 1 aromatic carbocycles. The number of furan rings is 1. The summed E-state index contributed by atoms with van der Waals surface area (Å²) in [6.07, 6.45) is 1.10. The Hall–Kier alpha value is -3.29. The van der Waals surface area contributed by atoms with Crippen LogP contribution < -0.4 is 10.6 Å². The van der Waals surface area contributed by atoms with Crippen molar-refractivity contribution in [3.63, 3.8) is 0 Å². The van der Waals surface area contributed by atoms with Gasteiger partial charge < -0.3 is 20.0 Å². The van der Waals surface area contributed by atoms with Gasteiger partial charge in [-0.1, -0.05) is 18.2 Å². The average Bonchev–Trinajstić information content (AvgIpc) is 3.18. The van der Waals surface area contributed by atoms with Crippen molar-refractivity contribution in [2.45, 2.75) is 11.4 Å². The lowest BCUT2D eigenvalue weighted by atomic mass is 10.4. The van der Waals surface area contributed by atoms with Crippen LogP contribution >= 0.6 is 0 Å². The molecule has 2 aromatic rings. The molecular weight excluding hydrogens is 406 g/mol. The van der Waals surface area contributed by atoms with E-state index in [1.54, 1.807) is 30.3 Å². The number of amides is 1. The van der Waals surface area contributed by atoms with Gasteiger partial charge in [-0.2, -0.15) is 5.26 Å². The lowest BCUT2D eigenvalue weighted by molar-refractivity contribution is 0.0921. The zero-order chi connectivity index (χ0) is 22.1. The predicted molar refractivity (Wildman–Crippen MR) is 112 cm³/mol. The highest BCUT2D eigenvalue weighted by molar-refractivity contribution is 7.89. The average molecular weight is 432 g/mol. The maximum Gasteiger partial charge on any atom is 0.287 e. The zero-order valence-electron chi connectivity index (χ0n) is 17.1. The molecule has 1 amide bonds. The monoisotopic (exact) mass is 431 g/mol. The molecule has 2 N–H and O–H groups in total. The Kier molecular flexibility index (Phi) is 8.03. The first-order valence-corrected chi connectivity index (χ1v) is 10.6. The Bertz CT molecular complexity index is 1020. The van der Waals surface area contributed by atoms with Crippen LogP contribution in [0.5, 0.6) is 0 Å². The summed E-state index contributed by atoms with van der Waals surface area (Å²) in [5, 5.41) is 14.4. The number of hydrogen-bond donors (Lipinski definition) is 2. The van der Waals surface area contributed by atoms with E-state index in [2.05, 4.69) is 10.6 Å². The second kappa shape index (κ2) is 10.5. The maximum atomic E-state index is 13.1. The van der Waals surface area contributed by atoms with Crippen molar-refractivity contribution in [1.29, 1.82) is 5.26 Å². The summed E-state index contributed by atoms with van der Waals surface area (Å²) in [7, 11) is 1.36. The van der Waals surface area contributed by atoms with Gasteiger partial charge in [0.15, 0.2) is 5.76 Å². The van der Waals surface area contributed by atoms with E-state index >= 15 is 0 Å². The highest BCUT2D eigenvalue weighted by atomic mass is 32.2. The largest absolute Gasteiger partial charge is 0.455 e. The number of rotatable bonds is 10. The quantitative estimate of drug-likeness (QED) is 0.545. The first-order chi connectivity index (χ1) is 14.3. The highest BCUT2D eigenvalue weighted by Gasteiger charge is 2.26. The molecule has 10 heteroatoms. The molecule has 0 unspecified atom stereocenters. The van der Waals surface area contributed by atoms with Gasteiger partial charge in [0.25, 0.3) is 15.9 Å². The molecule has 0 radical (unpaired) electrons. The number of carbonyl (C=O) groups excluding carboxylic acids is 1. The Morgan fingerprint density at radius 3 is 2.50 bits per heavy atom. The Labute approximate surface area is 176 Å². The van der Waals surface area contributed by atoms with Crippen LogP contribution in [0.2, 0.25) is 0 Å². The number of benzene rings is 1. The van der Waals surface area contributed by atoms with Crippen LogP contribution in [0.1, 0.15) is 16.3 Å². The van der Waals surface area contributed by atoms with Gasteiger partial charge in [-0.15, -0.1) is 0 Å². The number of nitriles is 1. The molecule has 0 aliphatic heterocycles. The van der Waals surface area contributed by atoms with Crippen LogP contribution in [0.25, 0.3) is 0 Å². The third-order valence-corrected chi connectivity index (χ3v) is 5.84. The first kappa shape index (κ1) is 23.0. The van der Waals surface area contributed by atoms with E-state index in [9.17, 15) is 13.2 Å². The summed E-state index contributed by atoms with van der Waals surface area (Å²) in [6.45, 7) is 0.489. The fourth-order valence-corrected chi connectivity index (χ4v) is 4.16. The summed E-state index contributed by atoms with van der Waals surface area (Å²) in [4.78, 5) is 14.3. The normalized spacial score (nSPS) is 11.8. The molecule has 160 valence electrons. The SMILES string of the molecule is CNC(=CC#N)N(CCNC(=O)c1ccc(CN(C)C)o1)S(=O)(=O)c1ccccc1. The number of sulfonamides is 1. The van der Waals surface area contributed by atoms with Crippen molar-refractivity contribution >= 4 is 15.9 Å². The van der Waals surface area contributed by atoms with Crippen molar-refractivity contribution in [2.75, 3.05) is 34.2 Å². The summed E-state index contributed by atoms with van der Waals surface area (Å²) in [5.41, 5.74) is 0. The van der Waals surface area contributed by atoms with Gasteiger partial charge in [-0.25, -0.2) is 12.7 Å². The van der Waals surface area contributed by atoms with Crippen LogP contribution in [0.4, 0.5) is 0 Å². The predicted octanol–water partition coefficient (Wildman–Crippen LogP) is 1.35.